The van der Waals surface area contributed by atoms with Crippen molar-refractivity contribution in [1.82, 2.24) is 0 Å². The van der Waals surface area contributed by atoms with Gasteiger partial charge in [-0.3, -0.25) is 4.79 Å². The van der Waals surface area contributed by atoms with Crippen molar-refractivity contribution in [2.45, 2.75) is 212 Å². The predicted octanol–water partition coefficient (Wildman–Crippen LogP) is 12.2. The second kappa shape index (κ2) is 33.6. The number of aliphatic hydroxyl groups excluding tert-OH is 1. The van der Waals surface area contributed by atoms with Crippen molar-refractivity contribution >= 4 is 5.97 Å². The van der Waals surface area contributed by atoms with Crippen LogP contribution >= 0.6 is 0 Å². The fraction of sp³-hybridized carbons (Fsp3) is 0.972. The van der Waals surface area contributed by atoms with Crippen molar-refractivity contribution in [3.05, 3.63) is 0 Å². The van der Waals surface area contributed by atoms with Crippen molar-refractivity contribution in [2.24, 2.45) is 5.92 Å². The molecule has 0 bridgehead atoms. The van der Waals surface area contributed by atoms with E-state index in [4.69, 9.17) is 5.11 Å². The van der Waals surface area contributed by atoms with Crippen LogP contribution in [0.15, 0.2) is 0 Å². The van der Waals surface area contributed by atoms with Crippen molar-refractivity contribution < 1.29 is 15.0 Å². The van der Waals surface area contributed by atoms with E-state index >= 15 is 0 Å². The van der Waals surface area contributed by atoms with Crippen molar-refractivity contribution in [3.63, 3.8) is 0 Å². The van der Waals surface area contributed by atoms with E-state index in [0.717, 1.165) is 32.1 Å². The van der Waals surface area contributed by atoms with E-state index in [9.17, 15) is 9.90 Å². The molecule has 0 aliphatic rings. The molecule has 1 unspecified atom stereocenters. The first-order valence-corrected chi connectivity index (χ1v) is 18.1. The molecule has 3 nitrogen and oxygen atoms in total. The lowest BCUT2D eigenvalue weighted by molar-refractivity contribution is -0.142. The average molecular weight is 553 g/mol. The van der Waals surface area contributed by atoms with Gasteiger partial charge in [-0.2, -0.15) is 0 Å². The van der Waals surface area contributed by atoms with Gasteiger partial charge in [0.25, 0.3) is 0 Å². The highest BCUT2D eigenvalue weighted by Crippen LogP contribution is 2.20. The smallest absolute Gasteiger partial charge is 0.306 e. The maximum absolute atomic E-state index is 11.7. The van der Waals surface area contributed by atoms with Crippen LogP contribution in [0.2, 0.25) is 0 Å². The molecule has 234 valence electrons. The molecule has 0 fully saturated rings. The molecular weight excluding hydrogens is 480 g/mol. The summed E-state index contributed by atoms with van der Waals surface area (Å²) in [4.78, 5) is 11.7. The number of rotatable bonds is 34. The summed E-state index contributed by atoms with van der Waals surface area (Å²) in [5.41, 5.74) is 0. The Hall–Kier alpha value is -0.570. The topological polar surface area (TPSA) is 57.5 Å². The Bertz CT molecular complexity index is 464. The highest BCUT2D eigenvalue weighted by molar-refractivity contribution is 5.69. The predicted molar refractivity (Wildman–Crippen MR) is 172 cm³/mol. The fourth-order valence-corrected chi connectivity index (χ4v) is 5.95. The molecule has 2 N–H and O–H groups in total. The van der Waals surface area contributed by atoms with Gasteiger partial charge in [0.15, 0.2) is 0 Å². The number of aliphatic carboxylic acids is 1. The van der Waals surface area contributed by atoms with Crippen LogP contribution in [-0.2, 0) is 4.79 Å². The molecule has 0 aromatic heterocycles. The lowest BCUT2D eigenvalue weighted by atomic mass is 9.94. The second-order valence-corrected chi connectivity index (χ2v) is 12.6. The van der Waals surface area contributed by atoms with Crippen LogP contribution in [0.4, 0.5) is 0 Å². The zero-order chi connectivity index (χ0) is 28.5. The zero-order valence-corrected chi connectivity index (χ0v) is 26.7. The van der Waals surface area contributed by atoms with E-state index in [2.05, 4.69) is 6.92 Å². The van der Waals surface area contributed by atoms with Crippen LogP contribution < -0.4 is 0 Å². The molecule has 0 heterocycles. The first kappa shape index (κ1) is 38.4. The summed E-state index contributed by atoms with van der Waals surface area (Å²) < 4.78 is 0. The molecule has 0 aliphatic heterocycles. The molecule has 0 radical (unpaired) electrons. The van der Waals surface area contributed by atoms with Crippen LogP contribution in [0.25, 0.3) is 0 Å². The number of unbranched alkanes of at least 4 members (excludes halogenated alkanes) is 28. The van der Waals surface area contributed by atoms with Gasteiger partial charge in [0.2, 0.25) is 0 Å². The maximum atomic E-state index is 11.7. The van der Waals surface area contributed by atoms with Crippen LogP contribution in [0, 0.1) is 5.92 Å². The minimum atomic E-state index is -0.565. The quantitative estimate of drug-likeness (QED) is 0.0780. The second-order valence-electron chi connectivity index (χ2n) is 12.6. The van der Waals surface area contributed by atoms with Crippen molar-refractivity contribution in [1.29, 1.82) is 0 Å². The van der Waals surface area contributed by atoms with Crippen LogP contribution in [0.3, 0.4) is 0 Å². The standard InChI is InChI=1S/C36H72O3/c1-2-3-4-5-6-7-8-9-10-11-14-17-20-23-26-29-32-35(36(38)39)33-30-27-24-21-18-15-12-13-16-19-22-25-28-31-34-37/h35,37H,2-34H2,1H3,(H,38,39). The maximum Gasteiger partial charge on any atom is 0.306 e. The third-order valence-corrected chi connectivity index (χ3v) is 8.72. The van der Waals surface area contributed by atoms with E-state index < -0.39 is 5.97 Å². The third kappa shape index (κ3) is 31.8. The van der Waals surface area contributed by atoms with Gasteiger partial charge in [0.05, 0.1) is 5.92 Å². The van der Waals surface area contributed by atoms with Crippen LogP contribution in [-0.4, -0.2) is 22.8 Å². The van der Waals surface area contributed by atoms with Gasteiger partial charge >= 0.3 is 5.97 Å². The molecule has 0 rings (SSSR count). The minimum absolute atomic E-state index is 0.111. The first-order valence-electron chi connectivity index (χ1n) is 18.1. The molecule has 0 spiro atoms. The van der Waals surface area contributed by atoms with Gasteiger partial charge in [0.1, 0.15) is 0 Å². The van der Waals surface area contributed by atoms with Crippen molar-refractivity contribution in [2.75, 3.05) is 6.61 Å². The van der Waals surface area contributed by atoms with E-state index in [0.29, 0.717) is 6.61 Å². The summed E-state index contributed by atoms with van der Waals surface area (Å²) >= 11 is 0. The number of carboxylic acids is 1. The summed E-state index contributed by atoms with van der Waals surface area (Å²) in [5, 5.41) is 18.4. The first-order chi connectivity index (χ1) is 19.2. The largest absolute Gasteiger partial charge is 0.481 e. The minimum Gasteiger partial charge on any atom is -0.481 e. The fourth-order valence-electron chi connectivity index (χ4n) is 5.95. The summed E-state index contributed by atoms with van der Waals surface area (Å²) in [6.07, 6.45) is 41.5. The van der Waals surface area contributed by atoms with Gasteiger partial charge < -0.3 is 10.2 Å². The van der Waals surface area contributed by atoms with Gasteiger partial charge in [-0.25, -0.2) is 0 Å². The molecular formula is C36H72O3. The Kier molecular flexibility index (Phi) is 33.1. The molecule has 3 heteroatoms. The Labute approximate surface area is 245 Å². The van der Waals surface area contributed by atoms with Gasteiger partial charge in [-0.1, -0.05) is 193 Å². The Morgan fingerprint density at radius 1 is 0.410 bits per heavy atom. The SMILES string of the molecule is CCCCCCCCCCCCCCCCCCC(CCCCCCCCCCCCCCCCO)C(=O)O. The number of hydrogen-bond acceptors (Lipinski definition) is 2. The molecule has 0 amide bonds. The van der Waals surface area contributed by atoms with Gasteiger partial charge in [-0.05, 0) is 19.3 Å². The highest BCUT2D eigenvalue weighted by atomic mass is 16.4. The lowest BCUT2D eigenvalue weighted by Crippen LogP contribution is -2.13. The van der Waals surface area contributed by atoms with E-state index in [-0.39, 0.29) is 5.92 Å². The average Bonchev–Trinajstić information content (AvgIpc) is 2.93. The molecule has 1 atom stereocenters. The zero-order valence-electron chi connectivity index (χ0n) is 26.7. The monoisotopic (exact) mass is 553 g/mol. The molecule has 0 aliphatic carbocycles. The summed E-state index contributed by atoms with van der Waals surface area (Å²) in [5.74, 6) is -0.676. The van der Waals surface area contributed by atoms with E-state index in [1.807, 2.05) is 0 Å². The van der Waals surface area contributed by atoms with E-state index in [1.165, 1.54) is 173 Å². The molecule has 0 saturated carbocycles. The number of aliphatic hydroxyl groups is 1. The van der Waals surface area contributed by atoms with Gasteiger partial charge in [0, 0.05) is 6.61 Å². The Balaban J connectivity index is 3.38. The number of carboxylic acid groups (broad SMARTS) is 1. The number of hydrogen-bond donors (Lipinski definition) is 2. The third-order valence-electron chi connectivity index (χ3n) is 8.72. The molecule has 0 aromatic rings. The number of carbonyl (C=O) groups is 1. The normalized spacial score (nSPS) is 12.3. The summed E-state index contributed by atoms with van der Waals surface area (Å²) in [6, 6.07) is 0. The van der Waals surface area contributed by atoms with Gasteiger partial charge in [-0.15, -0.1) is 0 Å². The van der Waals surface area contributed by atoms with E-state index in [1.54, 1.807) is 0 Å². The molecule has 39 heavy (non-hydrogen) atoms. The molecule has 0 aromatic carbocycles. The van der Waals surface area contributed by atoms with Crippen molar-refractivity contribution in [3.8, 4) is 0 Å². The van der Waals surface area contributed by atoms with Crippen LogP contribution in [0.1, 0.15) is 212 Å². The molecule has 0 saturated heterocycles. The lowest BCUT2D eigenvalue weighted by Gasteiger charge is -2.12. The Morgan fingerprint density at radius 3 is 0.872 bits per heavy atom. The summed E-state index contributed by atoms with van der Waals surface area (Å²) in [6.45, 7) is 2.63. The summed E-state index contributed by atoms with van der Waals surface area (Å²) in [7, 11) is 0. The Morgan fingerprint density at radius 2 is 0.641 bits per heavy atom. The van der Waals surface area contributed by atoms with Crippen LogP contribution in [0.5, 0.6) is 0 Å². The highest BCUT2D eigenvalue weighted by Gasteiger charge is 2.16.